The maximum absolute atomic E-state index is 4.34. The van der Waals surface area contributed by atoms with E-state index in [4.69, 9.17) is 0 Å². The molecule has 17 heavy (non-hydrogen) atoms. The zero-order valence-corrected chi connectivity index (χ0v) is 12.5. The van der Waals surface area contributed by atoms with Crippen LogP contribution in [0.3, 0.4) is 0 Å². The molecule has 0 radical (unpaired) electrons. The minimum absolute atomic E-state index is 0.159. The van der Waals surface area contributed by atoms with Crippen molar-refractivity contribution in [2.24, 2.45) is 0 Å². The van der Waals surface area contributed by atoms with Crippen LogP contribution in [0.1, 0.15) is 18.7 Å². The summed E-state index contributed by atoms with van der Waals surface area (Å²) in [4.78, 5) is 4.34. The van der Waals surface area contributed by atoms with Crippen molar-refractivity contribution < 1.29 is 0 Å². The van der Waals surface area contributed by atoms with Gasteiger partial charge in [-0.3, -0.25) is 4.98 Å². The zero-order valence-electron chi connectivity index (χ0n) is 9.32. The largest absolute Gasteiger partial charge is 0.375 e. The summed E-state index contributed by atoms with van der Waals surface area (Å²) in [6, 6.07) is 12.1. The van der Waals surface area contributed by atoms with Gasteiger partial charge in [-0.05, 0) is 63.0 Å². The van der Waals surface area contributed by atoms with Crippen molar-refractivity contribution in [2.75, 3.05) is 5.32 Å². The van der Waals surface area contributed by atoms with Crippen LogP contribution >= 0.6 is 31.9 Å². The summed E-state index contributed by atoms with van der Waals surface area (Å²) in [5.74, 6) is 0. The highest BCUT2D eigenvalue weighted by Gasteiger charge is 2.10. The molecule has 1 heterocycles. The third-order valence-corrected chi connectivity index (χ3v) is 3.78. The molecule has 0 aliphatic carbocycles. The second kappa shape index (κ2) is 5.65. The Hall–Kier alpha value is -0.870. The molecular formula is C13H12Br2N2. The summed E-state index contributed by atoms with van der Waals surface area (Å²) in [5.41, 5.74) is 2.07. The zero-order chi connectivity index (χ0) is 12.3. The smallest absolute Gasteiger partial charge is 0.0657 e. The van der Waals surface area contributed by atoms with Gasteiger partial charge in [0.15, 0.2) is 0 Å². The fourth-order valence-corrected chi connectivity index (χ4v) is 2.79. The standard InChI is InChI=1S/C13H12Br2N2/c1-9(12-7-2-3-8-16-12)17-13-10(14)5-4-6-11(13)15/h2-9,17H,1H3. The lowest BCUT2D eigenvalue weighted by Gasteiger charge is -2.17. The van der Waals surface area contributed by atoms with Crippen molar-refractivity contribution in [3.8, 4) is 0 Å². The molecule has 0 aliphatic heterocycles. The van der Waals surface area contributed by atoms with E-state index in [2.05, 4.69) is 49.1 Å². The number of benzene rings is 1. The number of aromatic nitrogens is 1. The molecule has 0 bridgehead atoms. The summed E-state index contributed by atoms with van der Waals surface area (Å²) >= 11 is 7.07. The first kappa shape index (κ1) is 12.6. The minimum Gasteiger partial charge on any atom is -0.375 e. The van der Waals surface area contributed by atoms with Crippen LogP contribution in [0.2, 0.25) is 0 Å². The van der Waals surface area contributed by atoms with Crippen molar-refractivity contribution in [1.29, 1.82) is 0 Å². The lowest BCUT2D eigenvalue weighted by atomic mass is 10.2. The Labute approximate surface area is 118 Å². The fraction of sp³-hybridized carbons (Fsp3) is 0.154. The number of nitrogens with one attached hydrogen (secondary N) is 1. The SMILES string of the molecule is CC(Nc1c(Br)cccc1Br)c1ccccn1. The van der Waals surface area contributed by atoms with Gasteiger partial charge in [0.2, 0.25) is 0 Å². The Morgan fingerprint density at radius 2 is 1.76 bits per heavy atom. The van der Waals surface area contributed by atoms with E-state index < -0.39 is 0 Å². The maximum Gasteiger partial charge on any atom is 0.0657 e. The minimum atomic E-state index is 0.159. The van der Waals surface area contributed by atoms with Crippen LogP contribution in [0.5, 0.6) is 0 Å². The van der Waals surface area contributed by atoms with Crippen molar-refractivity contribution in [3.63, 3.8) is 0 Å². The van der Waals surface area contributed by atoms with Crippen LogP contribution in [-0.4, -0.2) is 4.98 Å². The second-order valence-electron chi connectivity index (χ2n) is 3.72. The Kier molecular flexibility index (Phi) is 4.18. The van der Waals surface area contributed by atoms with Gasteiger partial charge in [0.1, 0.15) is 0 Å². The molecule has 1 unspecified atom stereocenters. The van der Waals surface area contributed by atoms with Gasteiger partial charge in [0, 0.05) is 15.1 Å². The number of pyridine rings is 1. The van der Waals surface area contributed by atoms with Gasteiger partial charge in [-0.2, -0.15) is 0 Å². The number of para-hydroxylation sites is 1. The molecule has 1 aromatic carbocycles. The molecule has 1 N–H and O–H groups in total. The lowest BCUT2D eigenvalue weighted by Crippen LogP contribution is -2.09. The molecule has 0 saturated heterocycles. The third kappa shape index (κ3) is 3.07. The number of hydrogen-bond acceptors (Lipinski definition) is 2. The molecule has 88 valence electrons. The van der Waals surface area contributed by atoms with E-state index in [1.165, 1.54) is 0 Å². The van der Waals surface area contributed by atoms with Crippen molar-refractivity contribution in [1.82, 2.24) is 4.98 Å². The molecule has 4 heteroatoms. The van der Waals surface area contributed by atoms with Gasteiger partial charge in [-0.1, -0.05) is 12.1 Å². The maximum atomic E-state index is 4.34. The number of nitrogens with zero attached hydrogens (tertiary/aromatic N) is 1. The first-order chi connectivity index (χ1) is 8.18. The lowest BCUT2D eigenvalue weighted by molar-refractivity contribution is 0.837. The Morgan fingerprint density at radius 1 is 1.06 bits per heavy atom. The molecule has 1 aromatic heterocycles. The van der Waals surface area contributed by atoms with E-state index in [1.54, 1.807) is 0 Å². The first-order valence-electron chi connectivity index (χ1n) is 5.30. The number of halogens is 2. The summed E-state index contributed by atoms with van der Waals surface area (Å²) in [6.45, 7) is 2.09. The number of anilines is 1. The number of hydrogen-bond donors (Lipinski definition) is 1. The van der Waals surface area contributed by atoms with E-state index in [-0.39, 0.29) is 6.04 Å². The third-order valence-electron chi connectivity index (χ3n) is 2.46. The predicted molar refractivity (Wildman–Crippen MR) is 78.1 cm³/mol. The van der Waals surface area contributed by atoms with Crippen LogP contribution in [0.4, 0.5) is 5.69 Å². The van der Waals surface area contributed by atoms with Gasteiger partial charge in [0.25, 0.3) is 0 Å². The number of rotatable bonds is 3. The van der Waals surface area contributed by atoms with E-state index >= 15 is 0 Å². The van der Waals surface area contributed by atoms with Crippen LogP contribution in [0.15, 0.2) is 51.5 Å². The summed E-state index contributed by atoms with van der Waals surface area (Å²) in [6.07, 6.45) is 1.81. The molecule has 0 saturated carbocycles. The highest BCUT2D eigenvalue weighted by atomic mass is 79.9. The van der Waals surface area contributed by atoms with Crippen molar-refractivity contribution >= 4 is 37.5 Å². The van der Waals surface area contributed by atoms with Gasteiger partial charge in [0.05, 0.1) is 17.4 Å². The fourth-order valence-electron chi connectivity index (χ4n) is 1.56. The molecule has 0 amide bonds. The highest BCUT2D eigenvalue weighted by Crippen LogP contribution is 2.32. The summed E-state index contributed by atoms with van der Waals surface area (Å²) in [5, 5.41) is 3.44. The average Bonchev–Trinajstić information content (AvgIpc) is 2.35. The average molecular weight is 356 g/mol. The van der Waals surface area contributed by atoms with E-state index in [9.17, 15) is 0 Å². The van der Waals surface area contributed by atoms with E-state index in [0.717, 1.165) is 20.3 Å². The second-order valence-corrected chi connectivity index (χ2v) is 5.43. The van der Waals surface area contributed by atoms with Crippen LogP contribution < -0.4 is 5.32 Å². The van der Waals surface area contributed by atoms with Crippen LogP contribution in [0.25, 0.3) is 0 Å². The molecule has 1 atom stereocenters. The van der Waals surface area contributed by atoms with Gasteiger partial charge in [-0.15, -0.1) is 0 Å². The van der Waals surface area contributed by atoms with Crippen molar-refractivity contribution in [2.45, 2.75) is 13.0 Å². The Bertz CT molecular complexity index is 480. The molecule has 2 rings (SSSR count). The van der Waals surface area contributed by atoms with Gasteiger partial charge in [-0.25, -0.2) is 0 Å². The molecular weight excluding hydrogens is 344 g/mol. The van der Waals surface area contributed by atoms with Crippen LogP contribution in [0, 0.1) is 0 Å². The van der Waals surface area contributed by atoms with E-state index in [0.29, 0.717) is 0 Å². The summed E-state index contributed by atoms with van der Waals surface area (Å²) < 4.78 is 2.07. The van der Waals surface area contributed by atoms with Crippen LogP contribution in [-0.2, 0) is 0 Å². The highest BCUT2D eigenvalue weighted by molar-refractivity contribution is 9.11. The van der Waals surface area contributed by atoms with Gasteiger partial charge < -0.3 is 5.32 Å². The quantitative estimate of drug-likeness (QED) is 0.856. The topological polar surface area (TPSA) is 24.9 Å². The normalized spacial score (nSPS) is 12.2. The Morgan fingerprint density at radius 3 is 2.35 bits per heavy atom. The molecule has 0 aliphatic rings. The molecule has 2 nitrogen and oxygen atoms in total. The molecule has 2 aromatic rings. The monoisotopic (exact) mass is 354 g/mol. The molecule has 0 spiro atoms. The van der Waals surface area contributed by atoms with E-state index in [1.807, 2.05) is 42.6 Å². The Balaban J connectivity index is 2.22. The molecule has 0 fully saturated rings. The first-order valence-corrected chi connectivity index (χ1v) is 6.88. The van der Waals surface area contributed by atoms with Crippen molar-refractivity contribution in [3.05, 3.63) is 57.2 Å². The van der Waals surface area contributed by atoms with Gasteiger partial charge >= 0.3 is 0 Å². The summed E-state index contributed by atoms with van der Waals surface area (Å²) in [7, 11) is 0. The predicted octanol–water partition coefficient (Wildman–Crippen LogP) is 4.78.